The lowest BCUT2D eigenvalue weighted by atomic mass is 9.79. The minimum atomic E-state index is -0.298. The van der Waals surface area contributed by atoms with Gasteiger partial charge in [0.2, 0.25) is 0 Å². The highest BCUT2D eigenvalue weighted by molar-refractivity contribution is 5.21. The summed E-state index contributed by atoms with van der Waals surface area (Å²) in [5, 5.41) is 0. The van der Waals surface area contributed by atoms with E-state index in [0.29, 0.717) is 0 Å². The summed E-state index contributed by atoms with van der Waals surface area (Å²) < 4.78 is 5.81. The highest BCUT2D eigenvalue weighted by atomic mass is 16.5. The van der Waals surface area contributed by atoms with Crippen LogP contribution in [0.4, 0.5) is 0 Å². The first kappa shape index (κ1) is 14.4. The number of methoxy groups -OCH3 is 1. The normalized spacial score (nSPS) is 29.2. The Morgan fingerprint density at radius 2 is 2.05 bits per heavy atom. The molecule has 1 heterocycles. The molecule has 2 rings (SSSR count). The van der Waals surface area contributed by atoms with Crippen molar-refractivity contribution in [1.29, 1.82) is 0 Å². The smallest absolute Gasteiger partial charge is 0.160 e. The molecule has 2 N–H and O–H groups in total. The Labute approximate surface area is 115 Å². The second-order valence-electron chi connectivity index (χ2n) is 5.90. The van der Waals surface area contributed by atoms with Crippen molar-refractivity contribution >= 4 is 0 Å². The fourth-order valence-electron chi connectivity index (χ4n) is 2.89. The maximum atomic E-state index is 5.92. The van der Waals surface area contributed by atoms with E-state index < -0.39 is 0 Å². The highest BCUT2D eigenvalue weighted by Gasteiger charge is 2.38. The lowest BCUT2D eigenvalue weighted by Gasteiger charge is -2.37. The molecule has 1 atom stereocenters. The van der Waals surface area contributed by atoms with Crippen molar-refractivity contribution in [3.8, 4) is 0 Å². The largest absolute Gasteiger partial charge is 0.370 e. The van der Waals surface area contributed by atoms with Crippen LogP contribution in [0.25, 0.3) is 0 Å². The van der Waals surface area contributed by atoms with E-state index in [0.717, 1.165) is 35.8 Å². The SMILES string of the molecule is COC1(c2ncc(C(C)N)c(C)n2)CCC(C)CC1. The molecular formula is C15H25N3O. The monoisotopic (exact) mass is 263 g/mol. The summed E-state index contributed by atoms with van der Waals surface area (Å²) in [6.07, 6.45) is 6.21. The Morgan fingerprint density at radius 1 is 1.42 bits per heavy atom. The van der Waals surface area contributed by atoms with E-state index in [9.17, 15) is 0 Å². The van der Waals surface area contributed by atoms with Gasteiger partial charge in [0.15, 0.2) is 5.82 Å². The van der Waals surface area contributed by atoms with Gasteiger partial charge in [-0.1, -0.05) is 6.92 Å². The zero-order chi connectivity index (χ0) is 14.0. The van der Waals surface area contributed by atoms with Crippen LogP contribution in [-0.4, -0.2) is 17.1 Å². The van der Waals surface area contributed by atoms with Crippen molar-refractivity contribution in [2.75, 3.05) is 7.11 Å². The van der Waals surface area contributed by atoms with Crippen LogP contribution in [0.3, 0.4) is 0 Å². The first-order valence-corrected chi connectivity index (χ1v) is 7.13. The van der Waals surface area contributed by atoms with E-state index in [1.54, 1.807) is 7.11 Å². The van der Waals surface area contributed by atoms with Crippen molar-refractivity contribution in [3.05, 3.63) is 23.3 Å². The van der Waals surface area contributed by atoms with Gasteiger partial charge in [0, 0.05) is 30.6 Å². The summed E-state index contributed by atoms with van der Waals surface area (Å²) in [6, 6.07) is -0.0288. The Morgan fingerprint density at radius 3 is 2.53 bits per heavy atom. The molecule has 19 heavy (non-hydrogen) atoms. The Balaban J connectivity index is 2.31. The van der Waals surface area contributed by atoms with Crippen molar-refractivity contribution < 1.29 is 4.74 Å². The van der Waals surface area contributed by atoms with Gasteiger partial charge in [0.1, 0.15) is 5.60 Å². The Hall–Kier alpha value is -1.00. The Kier molecular flexibility index (Phi) is 4.21. The van der Waals surface area contributed by atoms with Crippen LogP contribution in [0, 0.1) is 12.8 Å². The van der Waals surface area contributed by atoms with E-state index in [1.165, 1.54) is 12.8 Å². The van der Waals surface area contributed by atoms with Gasteiger partial charge in [-0.15, -0.1) is 0 Å². The quantitative estimate of drug-likeness (QED) is 0.911. The van der Waals surface area contributed by atoms with Crippen LogP contribution in [-0.2, 0) is 10.3 Å². The average Bonchev–Trinajstić information content (AvgIpc) is 2.39. The van der Waals surface area contributed by atoms with Crippen LogP contribution in [0.15, 0.2) is 6.20 Å². The molecule has 0 radical (unpaired) electrons. The highest BCUT2D eigenvalue weighted by Crippen LogP contribution is 2.40. The number of ether oxygens (including phenoxy) is 1. The van der Waals surface area contributed by atoms with Gasteiger partial charge in [0.05, 0.1) is 0 Å². The van der Waals surface area contributed by atoms with Crippen LogP contribution in [0.2, 0.25) is 0 Å². The average molecular weight is 263 g/mol. The first-order chi connectivity index (χ1) is 8.98. The molecule has 106 valence electrons. The maximum Gasteiger partial charge on any atom is 0.160 e. The van der Waals surface area contributed by atoms with Gasteiger partial charge >= 0.3 is 0 Å². The van der Waals surface area contributed by atoms with Crippen molar-refractivity contribution in [3.63, 3.8) is 0 Å². The fourth-order valence-corrected chi connectivity index (χ4v) is 2.89. The molecule has 0 aliphatic heterocycles. The molecule has 1 aliphatic carbocycles. The summed E-state index contributed by atoms with van der Waals surface area (Å²) >= 11 is 0. The van der Waals surface area contributed by atoms with E-state index in [4.69, 9.17) is 10.5 Å². The minimum absolute atomic E-state index is 0.0288. The molecule has 1 saturated carbocycles. The predicted octanol–water partition coefficient (Wildman–Crippen LogP) is 2.86. The van der Waals surface area contributed by atoms with Gasteiger partial charge in [-0.05, 0) is 45.4 Å². The van der Waals surface area contributed by atoms with Crippen molar-refractivity contribution in [2.24, 2.45) is 11.7 Å². The summed E-state index contributed by atoms with van der Waals surface area (Å²) in [5.74, 6) is 1.59. The molecule has 0 bridgehead atoms. The molecule has 1 fully saturated rings. The number of hydrogen-bond acceptors (Lipinski definition) is 4. The third-order valence-corrected chi connectivity index (χ3v) is 4.39. The van der Waals surface area contributed by atoms with E-state index in [2.05, 4.69) is 16.9 Å². The molecule has 4 nitrogen and oxygen atoms in total. The van der Waals surface area contributed by atoms with E-state index in [1.807, 2.05) is 20.0 Å². The first-order valence-electron chi connectivity index (χ1n) is 7.13. The molecule has 1 aromatic heterocycles. The zero-order valence-corrected chi connectivity index (χ0v) is 12.4. The molecule has 1 aliphatic rings. The van der Waals surface area contributed by atoms with E-state index >= 15 is 0 Å². The lowest BCUT2D eigenvalue weighted by Crippen LogP contribution is -2.35. The van der Waals surface area contributed by atoms with Crippen molar-refractivity contribution in [1.82, 2.24) is 9.97 Å². The predicted molar refractivity (Wildman–Crippen MR) is 75.7 cm³/mol. The number of aromatic nitrogens is 2. The van der Waals surface area contributed by atoms with E-state index in [-0.39, 0.29) is 11.6 Å². The molecule has 1 unspecified atom stereocenters. The lowest BCUT2D eigenvalue weighted by molar-refractivity contribution is -0.0599. The number of aryl methyl sites for hydroxylation is 1. The second-order valence-corrected chi connectivity index (χ2v) is 5.90. The third kappa shape index (κ3) is 2.79. The zero-order valence-electron chi connectivity index (χ0n) is 12.4. The minimum Gasteiger partial charge on any atom is -0.370 e. The molecule has 0 saturated heterocycles. The summed E-state index contributed by atoms with van der Waals surface area (Å²) in [7, 11) is 1.77. The second kappa shape index (κ2) is 5.55. The third-order valence-electron chi connectivity index (χ3n) is 4.39. The summed E-state index contributed by atoms with van der Waals surface area (Å²) in [5.41, 5.74) is 7.60. The van der Waals surface area contributed by atoms with Crippen LogP contribution < -0.4 is 5.73 Å². The number of nitrogens with zero attached hydrogens (tertiary/aromatic N) is 2. The molecule has 4 heteroatoms. The van der Waals surface area contributed by atoms with Crippen molar-refractivity contribution in [2.45, 2.75) is 58.1 Å². The summed E-state index contributed by atoms with van der Waals surface area (Å²) in [6.45, 7) is 6.25. The number of rotatable bonds is 3. The van der Waals surface area contributed by atoms with Gasteiger partial charge in [-0.2, -0.15) is 0 Å². The maximum absolute atomic E-state index is 5.92. The van der Waals surface area contributed by atoms with Gasteiger partial charge in [0.25, 0.3) is 0 Å². The van der Waals surface area contributed by atoms with Crippen LogP contribution in [0.1, 0.15) is 62.7 Å². The summed E-state index contributed by atoms with van der Waals surface area (Å²) in [4.78, 5) is 9.21. The van der Waals surface area contributed by atoms with Gasteiger partial charge < -0.3 is 10.5 Å². The topological polar surface area (TPSA) is 61.0 Å². The molecule has 1 aromatic rings. The molecular weight excluding hydrogens is 238 g/mol. The standard InChI is InChI=1S/C15H25N3O/c1-10-5-7-15(19-4,8-6-10)14-17-9-13(11(2)16)12(3)18-14/h9-11H,5-8,16H2,1-4H3. The van der Waals surface area contributed by atoms with Gasteiger partial charge in [-0.3, -0.25) is 0 Å². The molecule has 0 amide bonds. The number of nitrogens with two attached hydrogens (primary N) is 1. The fraction of sp³-hybridized carbons (Fsp3) is 0.733. The van der Waals surface area contributed by atoms with Crippen LogP contribution in [0.5, 0.6) is 0 Å². The van der Waals surface area contributed by atoms with Gasteiger partial charge in [-0.25, -0.2) is 9.97 Å². The number of hydrogen-bond donors (Lipinski definition) is 1. The Bertz CT molecular complexity index is 437. The molecule has 0 spiro atoms. The molecule has 0 aromatic carbocycles. The van der Waals surface area contributed by atoms with Crippen LogP contribution >= 0.6 is 0 Å².